The number of piperidine rings is 1. The van der Waals surface area contributed by atoms with Crippen molar-refractivity contribution in [3.8, 4) is 11.3 Å². The first kappa shape index (κ1) is 23.0. The number of aromatic amines is 2. The SMILES string of the molecule is CC1CN(c2ncnc3[nH]ncc23)CCC1c1ncc(-c2ccc(F)c(C(F)(F)F)c2)[nH]1.Cl. The predicted octanol–water partition coefficient (Wildman–Crippen LogP) is 4.95. The number of nitrogens with zero attached hydrogens (tertiary/aromatic N) is 5. The van der Waals surface area contributed by atoms with E-state index in [2.05, 4.69) is 42.0 Å². The number of hydrogen-bond acceptors (Lipinski definition) is 5. The first-order valence-electron chi connectivity index (χ1n) is 10.1. The highest BCUT2D eigenvalue weighted by atomic mass is 35.5. The molecule has 33 heavy (non-hydrogen) atoms. The van der Waals surface area contributed by atoms with Crippen molar-refractivity contribution in [2.75, 3.05) is 18.0 Å². The normalized spacial score (nSPS) is 19.0. The number of hydrogen-bond donors (Lipinski definition) is 2. The van der Waals surface area contributed by atoms with E-state index in [-0.39, 0.29) is 29.8 Å². The highest BCUT2D eigenvalue weighted by molar-refractivity contribution is 5.86. The predicted molar refractivity (Wildman–Crippen MR) is 117 cm³/mol. The summed E-state index contributed by atoms with van der Waals surface area (Å²) in [6.07, 6.45) is 0.739. The number of alkyl halides is 3. The van der Waals surface area contributed by atoms with Crippen molar-refractivity contribution in [3.05, 3.63) is 54.1 Å². The van der Waals surface area contributed by atoms with Crippen molar-refractivity contribution in [2.45, 2.75) is 25.4 Å². The summed E-state index contributed by atoms with van der Waals surface area (Å²) in [6, 6.07) is 2.96. The molecule has 1 saturated heterocycles. The Hall–Kier alpha value is -3.21. The van der Waals surface area contributed by atoms with Gasteiger partial charge in [-0.2, -0.15) is 18.3 Å². The zero-order valence-corrected chi connectivity index (χ0v) is 18.2. The van der Waals surface area contributed by atoms with Gasteiger partial charge in [0.15, 0.2) is 5.65 Å². The van der Waals surface area contributed by atoms with Crippen LogP contribution >= 0.6 is 12.4 Å². The minimum atomic E-state index is -4.76. The molecular weight excluding hydrogens is 462 g/mol. The minimum absolute atomic E-state index is 0. The Balaban J connectivity index is 0.00000259. The third-order valence-corrected chi connectivity index (χ3v) is 5.96. The first-order valence-corrected chi connectivity index (χ1v) is 10.1. The summed E-state index contributed by atoms with van der Waals surface area (Å²) in [5.74, 6) is 0.544. The number of imidazole rings is 1. The molecule has 0 amide bonds. The van der Waals surface area contributed by atoms with E-state index in [1.165, 1.54) is 18.6 Å². The van der Waals surface area contributed by atoms with Crippen molar-refractivity contribution in [2.24, 2.45) is 5.92 Å². The summed E-state index contributed by atoms with van der Waals surface area (Å²) < 4.78 is 52.8. The molecule has 2 N–H and O–H groups in total. The Morgan fingerprint density at radius 1 is 1.12 bits per heavy atom. The van der Waals surface area contributed by atoms with Gasteiger partial charge in [-0.15, -0.1) is 12.4 Å². The second-order valence-electron chi connectivity index (χ2n) is 8.02. The van der Waals surface area contributed by atoms with E-state index in [1.54, 1.807) is 6.20 Å². The van der Waals surface area contributed by atoms with E-state index in [4.69, 9.17) is 0 Å². The molecule has 2 atom stereocenters. The molecule has 3 aromatic heterocycles. The van der Waals surface area contributed by atoms with Gasteiger partial charge < -0.3 is 9.88 Å². The summed E-state index contributed by atoms with van der Waals surface area (Å²) in [6.45, 7) is 3.57. The van der Waals surface area contributed by atoms with E-state index in [9.17, 15) is 17.6 Å². The van der Waals surface area contributed by atoms with Crippen LogP contribution in [-0.4, -0.2) is 43.2 Å². The summed E-state index contributed by atoms with van der Waals surface area (Å²) in [4.78, 5) is 18.4. The molecule has 12 heteroatoms. The van der Waals surface area contributed by atoms with Crippen molar-refractivity contribution >= 4 is 29.3 Å². The molecule has 1 fully saturated rings. The van der Waals surface area contributed by atoms with Gasteiger partial charge >= 0.3 is 6.18 Å². The molecule has 174 valence electrons. The van der Waals surface area contributed by atoms with Gasteiger partial charge in [-0.25, -0.2) is 19.3 Å². The van der Waals surface area contributed by atoms with Crippen LogP contribution in [0, 0.1) is 11.7 Å². The van der Waals surface area contributed by atoms with Gasteiger partial charge in [0.05, 0.1) is 29.0 Å². The number of aromatic nitrogens is 6. The van der Waals surface area contributed by atoms with E-state index < -0.39 is 17.6 Å². The lowest BCUT2D eigenvalue weighted by Gasteiger charge is -2.36. The number of anilines is 1. The van der Waals surface area contributed by atoms with Gasteiger partial charge in [-0.1, -0.05) is 6.92 Å². The van der Waals surface area contributed by atoms with Crippen LogP contribution in [0.3, 0.4) is 0 Å². The lowest BCUT2D eigenvalue weighted by atomic mass is 9.86. The van der Waals surface area contributed by atoms with Crippen molar-refractivity contribution in [1.29, 1.82) is 0 Å². The van der Waals surface area contributed by atoms with Crippen LogP contribution in [0.1, 0.15) is 30.7 Å². The third kappa shape index (κ3) is 4.24. The zero-order chi connectivity index (χ0) is 22.5. The van der Waals surface area contributed by atoms with Gasteiger partial charge in [0, 0.05) is 24.6 Å². The quantitative estimate of drug-likeness (QED) is 0.404. The maximum atomic E-state index is 13.6. The molecule has 0 saturated carbocycles. The molecular formula is C21H20ClF4N7. The molecule has 5 rings (SSSR count). The molecule has 1 aromatic carbocycles. The summed E-state index contributed by atoms with van der Waals surface area (Å²) >= 11 is 0. The molecule has 2 unspecified atom stereocenters. The Morgan fingerprint density at radius 2 is 1.94 bits per heavy atom. The second kappa shape index (κ2) is 8.62. The van der Waals surface area contributed by atoms with E-state index in [0.717, 1.165) is 42.8 Å². The van der Waals surface area contributed by atoms with Gasteiger partial charge in [0.25, 0.3) is 0 Å². The van der Waals surface area contributed by atoms with E-state index in [0.29, 0.717) is 17.2 Å². The van der Waals surface area contributed by atoms with Crippen molar-refractivity contribution in [1.82, 2.24) is 30.1 Å². The largest absolute Gasteiger partial charge is 0.419 e. The van der Waals surface area contributed by atoms with Crippen LogP contribution in [0.5, 0.6) is 0 Å². The van der Waals surface area contributed by atoms with Crippen LogP contribution in [0.15, 0.2) is 36.9 Å². The summed E-state index contributed by atoms with van der Waals surface area (Å²) in [5.41, 5.74) is 0.0585. The van der Waals surface area contributed by atoms with Gasteiger partial charge in [-0.3, -0.25) is 5.10 Å². The monoisotopic (exact) mass is 481 g/mol. The second-order valence-corrected chi connectivity index (χ2v) is 8.02. The van der Waals surface area contributed by atoms with Crippen LogP contribution < -0.4 is 4.90 Å². The molecule has 7 nitrogen and oxygen atoms in total. The van der Waals surface area contributed by atoms with Crippen molar-refractivity contribution in [3.63, 3.8) is 0 Å². The van der Waals surface area contributed by atoms with E-state index >= 15 is 0 Å². The number of benzene rings is 1. The van der Waals surface area contributed by atoms with Crippen LogP contribution in [0.25, 0.3) is 22.3 Å². The van der Waals surface area contributed by atoms with Gasteiger partial charge in [0.2, 0.25) is 0 Å². The standard InChI is InChI=1S/C21H19F4N7.ClH/c1-11-9-32(20-14-7-29-31-19(14)27-10-28-20)5-4-13(11)18-26-8-17(30-18)12-2-3-16(22)15(6-12)21(23,24)25;/h2-3,6-8,10-11,13H,4-5,9H2,1H3,(H,26,30)(H,27,28,29,31);1H. The Labute approximate surface area is 192 Å². The fraction of sp³-hybridized carbons (Fsp3) is 0.333. The highest BCUT2D eigenvalue weighted by Crippen LogP contribution is 2.37. The number of rotatable bonds is 3. The molecule has 0 bridgehead atoms. The number of nitrogens with one attached hydrogen (secondary N) is 2. The molecule has 0 radical (unpaired) electrons. The zero-order valence-electron chi connectivity index (χ0n) is 17.4. The fourth-order valence-electron chi connectivity index (χ4n) is 4.33. The number of halogens is 5. The molecule has 0 aliphatic carbocycles. The van der Waals surface area contributed by atoms with E-state index in [1.807, 2.05) is 0 Å². The van der Waals surface area contributed by atoms with Gasteiger partial charge in [0.1, 0.15) is 23.8 Å². The summed E-state index contributed by atoms with van der Waals surface area (Å²) in [7, 11) is 0. The number of fused-ring (bicyclic) bond motifs is 1. The van der Waals surface area contributed by atoms with Crippen molar-refractivity contribution < 1.29 is 17.6 Å². The Kier molecular flexibility index (Phi) is 6.00. The fourth-order valence-corrected chi connectivity index (χ4v) is 4.33. The topological polar surface area (TPSA) is 86.4 Å². The molecule has 0 spiro atoms. The maximum absolute atomic E-state index is 13.6. The van der Waals surface area contributed by atoms with Gasteiger partial charge in [-0.05, 0) is 30.5 Å². The summed E-state index contributed by atoms with van der Waals surface area (Å²) in [5, 5.41) is 7.73. The lowest BCUT2D eigenvalue weighted by molar-refractivity contribution is -0.139. The average Bonchev–Trinajstić information content (AvgIpc) is 3.43. The highest BCUT2D eigenvalue weighted by Gasteiger charge is 2.35. The Bertz CT molecular complexity index is 1270. The Morgan fingerprint density at radius 3 is 2.70 bits per heavy atom. The molecule has 1 aliphatic rings. The van der Waals surface area contributed by atoms with Crippen LogP contribution in [-0.2, 0) is 6.18 Å². The van der Waals surface area contributed by atoms with Crippen LogP contribution in [0.2, 0.25) is 0 Å². The minimum Gasteiger partial charge on any atom is -0.356 e. The first-order chi connectivity index (χ1) is 15.3. The molecule has 4 aromatic rings. The third-order valence-electron chi connectivity index (χ3n) is 5.96. The molecule has 1 aliphatic heterocycles. The lowest BCUT2D eigenvalue weighted by Crippen LogP contribution is -2.39. The smallest absolute Gasteiger partial charge is 0.356 e. The van der Waals surface area contributed by atoms with Crippen LogP contribution in [0.4, 0.5) is 23.4 Å². The molecule has 4 heterocycles. The average molecular weight is 482 g/mol. The maximum Gasteiger partial charge on any atom is 0.419 e. The number of H-pyrrole nitrogens is 2.